The Morgan fingerprint density at radius 3 is 2.78 bits per heavy atom. The van der Waals surface area contributed by atoms with E-state index < -0.39 is 30.2 Å². The van der Waals surface area contributed by atoms with E-state index in [2.05, 4.69) is 17.2 Å². The summed E-state index contributed by atoms with van der Waals surface area (Å²) in [5.41, 5.74) is -0.632. The molecule has 0 saturated carbocycles. The molecule has 1 aliphatic heterocycles. The molecule has 4 atom stereocenters. The number of ether oxygens (including phenoxy) is 3. The average molecular weight is 383 g/mol. The second kappa shape index (κ2) is 10.5. The van der Waals surface area contributed by atoms with Gasteiger partial charge in [0.05, 0.1) is 6.61 Å². The zero-order valence-corrected chi connectivity index (χ0v) is 16.1. The van der Waals surface area contributed by atoms with Crippen LogP contribution in [0.1, 0.15) is 46.3 Å². The Hall–Kier alpha value is -1.81. The van der Waals surface area contributed by atoms with Gasteiger partial charge in [0.1, 0.15) is 24.1 Å². The van der Waals surface area contributed by atoms with Crippen molar-refractivity contribution in [2.24, 2.45) is 0 Å². The van der Waals surface area contributed by atoms with Crippen molar-refractivity contribution in [2.75, 3.05) is 25.1 Å². The van der Waals surface area contributed by atoms with Crippen molar-refractivity contribution in [2.45, 2.75) is 64.6 Å². The lowest BCUT2D eigenvalue weighted by Crippen LogP contribution is -2.38. The Balaban J connectivity index is 2.13. The number of hydrogen-bond acceptors (Lipinski definition) is 7. The number of hydrogen-bond donors (Lipinski definition) is 2. The molecule has 1 unspecified atom stereocenters. The van der Waals surface area contributed by atoms with Crippen molar-refractivity contribution in [3.63, 3.8) is 0 Å². The van der Waals surface area contributed by atoms with Crippen LogP contribution in [0.5, 0.6) is 0 Å². The summed E-state index contributed by atoms with van der Waals surface area (Å²) in [6, 6.07) is 1.48. The highest BCUT2D eigenvalue weighted by molar-refractivity contribution is 5.87. The third kappa shape index (κ3) is 5.83. The number of anilines is 1. The molecular formula is C18H29N3O6. The number of aliphatic hydroxyl groups is 1. The number of amides is 1. The second-order valence-corrected chi connectivity index (χ2v) is 6.50. The fraction of sp³-hybridized carbons (Fsp3) is 0.722. The molecule has 1 aromatic rings. The molecule has 9 nitrogen and oxygen atoms in total. The highest BCUT2D eigenvalue weighted by Crippen LogP contribution is 2.31. The van der Waals surface area contributed by atoms with Crippen LogP contribution in [0.15, 0.2) is 17.1 Å². The van der Waals surface area contributed by atoms with Gasteiger partial charge < -0.3 is 24.6 Å². The SMILES string of the molecule is CCCCOC[C@H]1OC(n2ccc(NC(C)=O)nc2=O)[C@H](O)[C@@H]1OCCC. The molecule has 0 radical (unpaired) electrons. The molecule has 1 amide bonds. The van der Waals surface area contributed by atoms with Gasteiger partial charge in [-0.25, -0.2) is 4.79 Å². The predicted octanol–water partition coefficient (Wildman–Crippen LogP) is 1.07. The monoisotopic (exact) mass is 383 g/mol. The highest BCUT2D eigenvalue weighted by Gasteiger charge is 2.45. The summed E-state index contributed by atoms with van der Waals surface area (Å²) in [5.74, 6) is -0.177. The van der Waals surface area contributed by atoms with E-state index in [1.807, 2.05) is 6.92 Å². The lowest BCUT2D eigenvalue weighted by atomic mass is 10.1. The number of nitrogens with zero attached hydrogens (tertiary/aromatic N) is 2. The van der Waals surface area contributed by atoms with Crippen LogP contribution < -0.4 is 11.0 Å². The molecule has 2 rings (SSSR count). The summed E-state index contributed by atoms with van der Waals surface area (Å²) >= 11 is 0. The molecule has 1 fully saturated rings. The minimum Gasteiger partial charge on any atom is -0.386 e. The Bertz CT molecular complexity index is 665. The third-order valence-electron chi connectivity index (χ3n) is 4.16. The molecule has 0 aliphatic carbocycles. The Labute approximate surface area is 158 Å². The Morgan fingerprint density at radius 2 is 2.15 bits per heavy atom. The first kappa shape index (κ1) is 21.5. The molecule has 2 heterocycles. The normalized spacial score (nSPS) is 24.9. The van der Waals surface area contributed by atoms with Gasteiger partial charge in [0.2, 0.25) is 5.91 Å². The summed E-state index contributed by atoms with van der Waals surface area (Å²) in [4.78, 5) is 27.2. The van der Waals surface area contributed by atoms with Gasteiger partial charge >= 0.3 is 5.69 Å². The summed E-state index contributed by atoms with van der Waals surface area (Å²) in [7, 11) is 0. The van der Waals surface area contributed by atoms with Gasteiger partial charge in [-0.1, -0.05) is 20.3 Å². The molecule has 27 heavy (non-hydrogen) atoms. The largest absolute Gasteiger partial charge is 0.386 e. The fourth-order valence-electron chi connectivity index (χ4n) is 2.85. The van der Waals surface area contributed by atoms with Crippen molar-refractivity contribution in [3.8, 4) is 0 Å². The molecule has 0 aromatic carbocycles. The maximum Gasteiger partial charge on any atom is 0.351 e. The van der Waals surface area contributed by atoms with E-state index in [0.717, 1.165) is 19.3 Å². The van der Waals surface area contributed by atoms with E-state index in [0.29, 0.717) is 13.2 Å². The van der Waals surface area contributed by atoms with Crippen LogP contribution in [0.2, 0.25) is 0 Å². The summed E-state index contributed by atoms with van der Waals surface area (Å²) in [6.07, 6.45) is 1.13. The van der Waals surface area contributed by atoms with Crippen LogP contribution in [0.4, 0.5) is 5.82 Å². The first-order valence-electron chi connectivity index (χ1n) is 9.37. The quantitative estimate of drug-likeness (QED) is 0.581. The first-order valence-corrected chi connectivity index (χ1v) is 9.37. The smallest absolute Gasteiger partial charge is 0.351 e. The number of nitrogens with one attached hydrogen (secondary N) is 1. The van der Waals surface area contributed by atoms with Gasteiger partial charge in [-0.15, -0.1) is 0 Å². The number of carbonyl (C=O) groups is 1. The zero-order valence-electron chi connectivity index (χ0n) is 16.1. The average Bonchev–Trinajstić information content (AvgIpc) is 2.92. The molecule has 0 bridgehead atoms. The number of carbonyl (C=O) groups excluding carboxylic acids is 1. The van der Waals surface area contributed by atoms with E-state index in [1.165, 1.54) is 23.8 Å². The number of rotatable bonds is 10. The number of aromatic nitrogens is 2. The van der Waals surface area contributed by atoms with Crippen molar-refractivity contribution in [3.05, 3.63) is 22.7 Å². The molecular weight excluding hydrogens is 354 g/mol. The lowest BCUT2D eigenvalue weighted by Gasteiger charge is -2.20. The maximum atomic E-state index is 12.3. The minimum absolute atomic E-state index is 0.148. The van der Waals surface area contributed by atoms with Crippen molar-refractivity contribution < 1.29 is 24.1 Å². The van der Waals surface area contributed by atoms with Gasteiger partial charge in [-0.05, 0) is 18.9 Å². The maximum absolute atomic E-state index is 12.3. The van der Waals surface area contributed by atoms with Crippen LogP contribution in [-0.4, -0.2) is 58.7 Å². The van der Waals surface area contributed by atoms with E-state index in [1.54, 1.807) is 0 Å². The molecule has 1 saturated heterocycles. The van der Waals surface area contributed by atoms with Crippen LogP contribution in [-0.2, 0) is 19.0 Å². The number of unbranched alkanes of at least 4 members (excludes halogenated alkanes) is 1. The molecule has 0 spiro atoms. The summed E-state index contributed by atoms with van der Waals surface area (Å²) in [6.45, 7) is 6.72. The van der Waals surface area contributed by atoms with Gasteiger partial charge in [-0.3, -0.25) is 9.36 Å². The van der Waals surface area contributed by atoms with Gasteiger partial charge in [-0.2, -0.15) is 4.98 Å². The van der Waals surface area contributed by atoms with Crippen molar-refractivity contribution >= 4 is 11.7 Å². The molecule has 1 aromatic heterocycles. The highest BCUT2D eigenvalue weighted by atomic mass is 16.6. The second-order valence-electron chi connectivity index (χ2n) is 6.50. The van der Waals surface area contributed by atoms with Crippen molar-refractivity contribution in [1.82, 2.24) is 9.55 Å². The fourth-order valence-corrected chi connectivity index (χ4v) is 2.85. The van der Waals surface area contributed by atoms with Crippen LogP contribution in [0.25, 0.3) is 0 Å². The van der Waals surface area contributed by atoms with Gasteiger partial charge in [0.15, 0.2) is 6.23 Å². The lowest BCUT2D eigenvalue weighted by molar-refractivity contribution is -0.114. The van der Waals surface area contributed by atoms with E-state index in [-0.39, 0.29) is 18.3 Å². The standard InChI is InChI=1S/C18H29N3O6/c1-4-6-10-25-11-13-16(26-9-5-2)15(23)17(27-13)21-8-7-14(19-12(3)22)20-18(21)24/h7-8,13,15-17,23H,4-6,9-11H2,1-3H3,(H,19,20,22,24)/t13-,15-,16-,17?/m1/s1. The Kier molecular flexibility index (Phi) is 8.36. The first-order chi connectivity index (χ1) is 13.0. The third-order valence-corrected chi connectivity index (χ3v) is 4.16. The molecule has 9 heteroatoms. The van der Waals surface area contributed by atoms with Gasteiger partial charge in [0.25, 0.3) is 0 Å². The van der Waals surface area contributed by atoms with Crippen LogP contribution in [0.3, 0.4) is 0 Å². The minimum atomic E-state index is -1.04. The topological polar surface area (TPSA) is 112 Å². The zero-order chi connectivity index (χ0) is 19.8. The number of aliphatic hydroxyl groups excluding tert-OH is 1. The van der Waals surface area contributed by atoms with Crippen LogP contribution in [0, 0.1) is 0 Å². The summed E-state index contributed by atoms with van der Waals surface area (Å²) in [5, 5.41) is 13.1. The van der Waals surface area contributed by atoms with E-state index in [9.17, 15) is 14.7 Å². The predicted molar refractivity (Wildman–Crippen MR) is 98.5 cm³/mol. The van der Waals surface area contributed by atoms with E-state index in [4.69, 9.17) is 14.2 Å². The molecule has 1 aliphatic rings. The van der Waals surface area contributed by atoms with Crippen LogP contribution >= 0.6 is 0 Å². The molecule has 2 N–H and O–H groups in total. The summed E-state index contributed by atoms with van der Waals surface area (Å²) < 4.78 is 18.5. The molecule has 152 valence electrons. The Morgan fingerprint density at radius 1 is 1.37 bits per heavy atom. The van der Waals surface area contributed by atoms with E-state index >= 15 is 0 Å². The van der Waals surface area contributed by atoms with Gasteiger partial charge in [0, 0.05) is 26.3 Å². The van der Waals surface area contributed by atoms with Crippen molar-refractivity contribution in [1.29, 1.82) is 0 Å².